The summed E-state index contributed by atoms with van der Waals surface area (Å²) in [4.78, 5) is 15.3. The van der Waals surface area contributed by atoms with Crippen molar-refractivity contribution < 1.29 is 9.18 Å². The van der Waals surface area contributed by atoms with Gasteiger partial charge in [-0.1, -0.05) is 36.4 Å². The summed E-state index contributed by atoms with van der Waals surface area (Å²) >= 11 is 1.34. The Hall–Kier alpha value is -2.24. The first-order chi connectivity index (χ1) is 12.0. The molecule has 3 nitrogen and oxygen atoms in total. The van der Waals surface area contributed by atoms with Crippen LogP contribution in [0.1, 0.15) is 26.8 Å². The van der Waals surface area contributed by atoms with Gasteiger partial charge in [-0.2, -0.15) is 0 Å². The van der Waals surface area contributed by atoms with Crippen LogP contribution in [0.25, 0.3) is 10.1 Å². The van der Waals surface area contributed by atoms with E-state index in [2.05, 4.69) is 22.3 Å². The molecule has 0 aliphatic carbocycles. The van der Waals surface area contributed by atoms with Crippen molar-refractivity contribution in [1.29, 1.82) is 0 Å². The van der Waals surface area contributed by atoms with Gasteiger partial charge in [-0.3, -0.25) is 4.79 Å². The molecule has 5 heteroatoms. The molecule has 0 saturated heterocycles. The number of halogens is 1. The largest absolute Gasteiger partial charge is 0.349 e. The van der Waals surface area contributed by atoms with E-state index < -0.39 is 0 Å². The van der Waals surface area contributed by atoms with Gasteiger partial charge in [0.2, 0.25) is 0 Å². The molecule has 130 valence electrons. The van der Waals surface area contributed by atoms with E-state index in [1.54, 1.807) is 13.0 Å². The summed E-state index contributed by atoms with van der Waals surface area (Å²) in [5.41, 5.74) is 1.85. The fraction of sp³-hybridized carbons (Fsp3) is 0.250. The Labute approximate surface area is 151 Å². The number of amides is 1. The first kappa shape index (κ1) is 17.6. The molecule has 1 amide bonds. The molecule has 0 aliphatic rings. The number of nitrogens with zero attached hydrogens (tertiary/aromatic N) is 1. The van der Waals surface area contributed by atoms with Gasteiger partial charge < -0.3 is 10.2 Å². The van der Waals surface area contributed by atoms with Gasteiger partial charge in [0, 0.05) is 16.6 Å². The number of rotatable bonds is 5. The Morgan fingerprint density at radius 1 is 1.16 bits per heavy atom. The van der Waals surface area contributed by atoms with Crippen LogP contribution in [0.2, 0.25) is 0 Å². The standard InChI is InChI=1S/C20H21FN2OS/c1-13-18-15(21)10-7-11-17(18)25-19(13)20(24)22-12-16(23(2)3)14-8-5-4-6-9-14/h4-11,16H,12H2,1-3H3,(H,22,24). The van der Waals surface area contributed by atoms with E-state index in [-0.39, 0.29) is 17.8 Å². The van der Waals surface area contributed by atoms with Crippen LogP contribution in [0.15, 0.2) is 48.5 Å². The van der Waals surface area contributed by atoms with Crippen LogP contribution in [0.4, 0.5) is 4.39 Å². The molecule has 3 aromatic rings. The molecule has 0 radical (unpaired) electrons. The Bertz CT molecular complexity index is 889. The Kier molecular flexibility index (Phi) is 5.16. The molecule has 0 aliphatic heterocycles. The van der Waals surface area contributed by atoms with E-state index in [0.717, 1.165) is 10.3 Å². The summed E-state index contributed by atoms with van der Waals surface area (Å²) in [7, 11) is 3.98. The molecule has 0 spiro atoms. The minimum atomic E-state index is -0.277. The van der Waals surface area contributed by atoms with Crippen molar-refractivity contribution in [3.8, 4) is 0 Å². The molecule has 0 bridgehead atoms. The number of thiophene rings is 1. The number of aryl methyl sites for hydroxylation is 1. The summed E-state index contributed by atoms with van der Waals surface area (Å²) in [5, 5.41) is 3.55. The normalized spacial score (nSPS) is 12.5. The maximum Gasteiger partial charge on any atom is 0.261 e. The van der Waals surface area contributed by atoms with Crippen LogP contribution in [0.3, 0.4) is 0 Å². The van der Waals surface area contributed by atoms with E-state index in [9.17, 15) is 9.18 Å². The predicted octanol–water partition coefficient (Wildman–Crippen LogP) is 4.38. The SMILES string of the molecule is Cc1c(C(=O)NCC(c2ccccc2)N(C)C)sc2cccc(F)c12. The van der Waals surface area contributed by atoms with Crippen molar-refractivity contribution in [1.82, 2.24) is 10.2 Å². The predicted molar refractivity (Wildman–Crippen MR) is 102 cm³/mol. The number of carbonyl (C=O) groups excluding carboxylic acids is 1. The molecule has 0 saturated carbocycles. The van der Waals surface area contributed by atoms with Gasteiger partial charge >= 0.3 is 0 Å². The van der Waals surface area contributed by atoms with Crippen LogP contribution in [-0.4, -0.2) is 31.4 Å². The van der Waals surface area contributed by atoms with Crippen molar-refractivity contribution in [3.63, 3.8) is 0 Å². The number of carbonyl (C=O) groups is 1. The number of likely N-dealkylation sites (N-methyl/N-ethyl adjacent to an activating group) is 1. The topological polar surface area (TPSA) is 32.3 Å². The van der Waals surface area contributed by atoms with Gasteiger partial charge in [-0.25, -0.2) is 4.39 Å². The average molecular weight is 356 g/mol. The third-order valence-electron chi connectivity index (χ3n) is 4.37. The molecule has 0 fully saturated rings. The summed E-state index contributed by atoms with van der Waals surface area (Å²) in [6.07, 6.45) is 0. The van der Waals surface area contributed by atoms with E-state index in [4.69, 9.17) is 0 Å². The maximum absolute atomic E-state index is 14.0. The number of benzene rings is 2. The van der Waals surface area contributed by atoms with E-state index in [1.165, 1.54) is 17.4 Å². The Balaban J connectivity index is 1.80. The van der Waals surface area contributed by atoms with Crippen molar-refractivity contribution in [3.05, 3.63) is 70.4 Å². The lowest BCUT2D eigenvalue weighted by Gasteiger charge is -2.25. The van der Waals surface area contributed by atoms with Crippen LogP contribution < -0.4 is 5.32 Å². The van der Waals surface area contributed by atoms with Crippen LogP contribution in [0, 0.1) is 12.7 Å². The monoisotopic (exact) mass is 356 g/mol. The molecular formula is C20H21FN2OS. The smallest absolute Gasteiger partial charge is 0.261 e. The average Bonchev–Trinajstić information content (AvgIpc) is 2.94. The highest BCUT2D eigenvalue weighted by Gasteiger charge is 2.20. The van der Waals surface area contributed by atoms with E-state index >= 15 is 0 Å². The lowest BCUT2D eigenvalue weighted by molar-refractivity contribution is 0.0945. The molecule has 1 atom stereocenters. The Morgan fingerprint density at radius 2 is 1.88 bits per heavy atom. The molecule has 1 heterocycles. The maximum atomic E-state index is 14.0. The van der Waals surface area contributed by atoms with Gasteiger partial charge in [-0.05, 0) is 44.3 Å². The van der Waals surface area contributed by atoms with Crippen LogP contribution >= 0.6 is 11.3 Å². The van der Waals surface area contributed by atoms with Crippen molar-refractivity contribution in [2.75, 3.05) is 20.6 Å². The number of hydrogen-bond donors (Lipinski definition) is 1. The van der Waals surface area contributed by atoms with E-state index in [1.807, 2.05) is 38.4 Å². The summed E-state index contributed by atoms with van der Waals surface area (Å²) in [6, 6.07) is 15.1. The lowest BCUT2D eigenvalue weighted by atomic mass is 10.1. The minimum absolute atomic E-state index is 0.0802. The quantitative estimate of drug-likeness (QED) is 0.736. The van der Waals surface area contributed by atoms with Gasteiger partial charge in [-0.15, -0.1) is 11.3 Å². The zero-order chi connectivity index (χ0) is 18.0. The zero-order valence-corrected chi connectivity index (χ0v) is 15.4. The third-order valence-corrected chi connectivity index (χ3v) is 5.63. The highest BCUT2D eigenvalue weighted by atomic mass is 32.1. The second kappa shape index (κ2) is 7.33. The van der Waals surface area contributed by atoms with Crippen molar-refractivity contribution in [2.45, 2.75) is 13.0 Å². The first-order valence-electron chi connectivity index (χ1n) is 8.16. The molecule has 25 heavy (non-hydrogen) atoms. The van der Waals surface area contributed by atoms with E-state index in [0.29, 0.717) is 22.4 Å². The number of hydrogen-bond acceptors (Lipinski definition) is 3. The molecular weight excluding hydrogens is 335 g/mol. The first-order valence-corrected chi connectivity index (χ1v) is 8.98. The minimum Gasteiger partial charge on any atom is -0.349 e. The van der Waals surface area contributed by atoms with Crippen molar-refractivity contribution in [2.24, 2.45) is 0 Å². The third kappa shape index (κ3) is 3.57. The number of fused-ring (bicyclic) bond motifs is 1. The summed E-state index contributed by atoms with van der Waals surface area (Å²) < 4.78 is 14.8. The van der Waals surface area contributed by atoms with Gasteiger partial charge in [0.1, 0.15) is 5.82 Å². The number of nitrogens with one attached hydrogen (secondary N) is 1. The molecule has 2 aromatic carbocycles. The Morgan fingerprint density at radius 3 is 2.52 bits per heavy atom. The second-order valence-electron chi connectivity index (χ2n) is 6.27. The van der Waals surface area contributed by atoms with Gasteiger partial charge in [0.15, 0.2) is 0 Å². The lowest BCUT2D eigenvalue weighted by Crippen LogP contribution is -2.34. The second-order valence-corrected chi connectivity index (χ2v) is 7.32. The summed E-state index contributed by atoms with van der Waals surface area (Å²) in [5.74, 6) is -0.429. The van der Waals surface area contributed by atoms with Gasteiger partial charge in [0.05, 0.1) is 10.9 Å². The molecule has 1 unspecified atom stereocenters. The molecule has 1 N–H and O–H groups in total. The summed E-state index contributed by atoms with van der Waals surface area (Å²) in [6.45, 7) is 2.30. The fourth-order valence-electron chi connectivity index (χ4n) is 3.01. The van der Waals surface area contributed by atoms with Crippen LogP contribution in [0.5, 0.6) is 0 Å². The highest BCUT2D eigenvalue weighted by molar-refractivity contribution is 7.21. The van der Waals surface area contributed by atoms with Gasteiger partial charge in [0.25, 0.3) is 5.91 Å². The highest BCUT2D eigenvalue weighted by Crippen LogP contribution is 2.32. The van der Waals surface area contributed by atoms with Crippen molar-refractivity contribution >= 4 is 27.3 Å². The molecule has 1 aromatic heterocycles. The van der Waals surface area contributed by atoms with Crippen LogP contribution in [-0.2, 0) is 0 Å². The molecule has 3 rings (SSSR count). The zero-order valence-electron chi connectivity index (χ0n) is 14.5. The fourth-order valence-corrected chi connectivity index (χ4v) is 4.15.